The van der Waals surface area contributed by atoms with Crippen molar-refractivity contribution in [3.8, 4) is 0 Å². The third-order valence-corrected chi connectivity index (χ3v) is 5.91. The van der Waals surface area contributed by atoms with Gasteiger partial charge in [0, 0.05) is 29.3 Å². The molecule has 0 fully saturated rings. The van der Waals surface area contributed by atoms with E-state index in [1.807, 2.05) is 56.3 Å². The average Bonchev–Trinajstić information content (AvgIpc) is 2.73. The number of Topliss-reactive ketones (excluding diaryl/α,β-unsaturated/α-hetero) is 1. The predicted molar refractivity (Wildman–Crippen MR) is 112 cm³/mol. The van der Waals surface area contributed by atoms with E-state index in [4.69, 9.17) is 4.74 Å². The minimum atomic E-state index is -0.400. The zero-order chi connectivity index (χ0) is 20.5. The van der Waals surface area contributed by atoms with Gasteiger partial charge in [0.15, 0.2) is 5.78 Å². The van der Waals surface area contributed by atoms with Crippen molar-refractivity contribution < 1.29 is 14.3 Å². The number of carbonyl (C=O) groups excluding carboxylic acids is 2. The van der Waals surface area contributed by atoms with Gasteiger partial charge in [-0.25, -0.2) is 4.79 Å². The van der Waals surface area contributed by atoms with E-state index in [9.17, 15) is 9.59 Å². The molecule has 4 nitrogen and oxygen atoms in total. The lowest BCUT2D eigenvalue weighted by Crippen LogP contribution is -2.36. The van der Waals surface area contributed by atoms with Crippen molar-refractivity contribution in [2.24, 2.45) is 0 Å². The lowest BCUT2D eigenvalue weighted by Gasteiger charge is -2.36. The molecule has 0 saturated heterocycles. The van der Waals surface area contributed by atoms with Crippen molar-refractivity contribution in [2.75, 3.05) is 7.11 Å². The highest BCUT2D eigenvalue weighted by Crippen LogP contribution is 2.45. The fourth-order valence-electron chi connectivity index (χ4n) is 4.47. The Morgan fingerprint density at radius 3 is 2.31 bits per heavy atom. The summed E-state index contributed by atoms with van der Waals surface area (Å²) in [4.78, 5) is 26.0. The molecule has 2 aliphatic rings. The van der Waals surface area contributed by atoms with Gasteiger partial charge in [0.1, 0.15) is 0 Å². The normalized spacial score (nSPS) is 21.6. The molecule has 4 heteroatoms. The third kappa shape index (κ3) is 3.51. The van der Waals surface area contributed by atoms with Gasteiger partial charge in [-0.2, -0.15) is 0 Å². The Morgan fingerprint density at radius 1 is 0.966 bits per heavy atom. The predicted octanol–water partition coefficient (Wildman–Crippen LogP) is 4.53. The number of carbonyl (C=O) groups is 2. The average molecular weight is 387 g/mol. The SMILES string of the molecule is COC(=O)C1=C(C)NC2=C(C(=O)C[C@@H](c3ccccc3)C2)[C@H]1c1ccc(C)cc1. The summed E-state index contributed by atoms with van der Waals surface area (Å²) in [5, 5.41) is 3.36. The van der Waals surface area contributed by atoms with Crippen molar-refractivity contribution >= 4 is 11.8 Å². The molecule has 0 aromatic heterocycles. The number of hydrogen-bond donors (Lipinski definition) is 1. The Hall–Kier alpha value is -3.14. The number of nitrogens with one attached hydrogen (secondary N) is 1. The molecule has 1 heterocycles. The monoisotopic (exact) mass is 387 g/mol. The fraction of sp³-hybridized carbons (Fsp3) is 0.280. The molecule has 0 radical (unpaired) electrons. The molecule has 2 aromatic carbocycles. The van der Waals surface area contributed by atoms with E-state index in [-0.39, 0.29) is 11.7 Å². The quantitative estimate of drug-likeness (QED) is 0.786. The first-order valence-electron chi connectivity index (χ1n) is 9.93. The standard InChI is InChI=1S/C25H25NO3/c1-15-9-11-18(12-10-15)23-22(25(28)29-3)16(2)26-20-13-19(14-21(27)24(20)23)17-7-5-4-6-8-17/h4-12,19,23,26H,13-14H2,1-3H3/t19-,23-/m0/s1. The maximum absolute atomic E-state index is 13.4. The molecule has 1 aliphatic carbocycles. The van der Waals surface area contributed by atoms with E-state index in [0.29, 0.717) is 17.6 Å². The zero-order valence-electron chi connectivity index (χ0n) is 17.0. The first kappa shape index (κ1) is 19.2. The summed E-state index contributed by atoms with van der Waals surface area (Å²) in [6, 6.07) is 18.2. The molecule has 0 spiro atoms. The van der Waals surface area contributed by atoms with Gasteiger partial charge in [0.05, 0.1) is 12.7 Å². The van der Waals surface area contributed by atoms with Crippen LogP contribution in [0.1, 0.15) is 48.3 Å². The second-order valence-corrected chi connectivity index (χ2v) is 7.83. The van der Waals surface area contributed by atoms with Crippen LogP contribution in [-0.2, 0) is 14.3 Å². The lowest BCUT2D eigenvalue weighted by atomic mass is 9.71. The molecule has 0 unspecified atom stereocenters. The summed E-state index contributed by atoms with van der Waals surface area (Å²) in [6.45, 7) is 3.91. The zero-order valence-corrected chi connectivity index (χ0v) is 17.0. The van der Waals surface area contributed by atoms with Crippen LogP contribution >= 0.6 is 0 Å². The molecule has 1 aliphatic heterocycles. The highest BCUT2D eigenvalue weighted by atomic mass is 16.5. The molecule has 29 heavy (non-hydrogen) atoms. The summed E-state index contributed by atoms with van der Waals surface area (Å²) >= 11 is 0. The van der Waals surface area contributed by atoms with Gasteiger partial charge in [-0.1, -0.05) is 60.2 Å². The van der Waals surface area contributed by atoms with Gasteiger partial charge in [-0.15, -0.1) is 0 Å². The number of rotatable bonds is 3. The maximum Gasteiger partial charge on any atom is 0.336 e. The Kier molecular flexibility index (Phi) is 5.10. The van der Waals surface area contributed by atoms with E-state index >= 15 is 0 Å². The molecular weight excluding hydrogens is 362 g/mol. The molecule has 2 aromatic rings. The minimum Gasteiger partial charge on any atom is -0.466 e. The molecule has 0 amide bonds. The van der Waals surface area contributed by atoms with Crippen LogP contribution < -0.4 is 5.32 Å². The van der Waals surface area contributed by atoms with Crippen molar-refractivity contribution in [1.82, 2.24) is 5.32 Å². The molecule has 148 valence electrons. The smallest absolute Gasteiger partial charge is 0.336 e. The van der Waals surface area contributed by atoms with E-state index in [1.165, 1.54) is 12.7 Å². The number of aryl methyl sites for hydroxylation is 1. The second kappa shape index (κ2) is 7.70. The van der Waals surface area contributed by atoms with Crippen molar-refractivity contribution in [3.05, 3.63) is 93.8 Å². The molecule has 0 saturated carbocycles. The van der Waals surface area contributed by atoms with Gasteiger partial charge in [0.25, 0.3) is 0 Å². The topological polar surface area (TPSA) is 55.4 Å². The Morgan fingerprint density at radius 2 is 1.66 bits per heavy atom. The van der Waals surface area contributed by atoms with E-state index < -0.39 is 11.9 Å². The number of benzene rings is 2. The molecule has 2 atom stereocenters. The van der Waals surface area contributed by atoms with Gasteiger partial charge in [0.2, 0.25) is 0 Å². The maximum atomic E-state index is 13.4. The van der Waals surface area contributed by atoms with Gasteiger partial charge in [-0.3, -0.25) is 4.79 Å². The summed E-state index contributed by atoms with van der Waals surface area (Å²) in [5.41, 5.74) is 6.14. The first-order chi connectivity index (χ1) is 14.0. The van der Waals surface area contributed by atoms with Crippen LogP contribution in [0.15, 0.2) is 77.1 Å². The largest absolute Gasteiger partial charge is 0.466 e. The first-order valence-corrected chi connectivity index (χ1v) is 9.93. The highest BCUT2D eigenvalue weighted by Gasteiger charge is 2.41. The number of ketones is 1. The van der Waals surface area contributed by atoms with Gasteiger partial charge in [-0.05, 0) is 37.3 Å². The Labute approximate surface area is 171 Å². The summed E-state index contributed by atoms with van der Waals surface area (Å²) in [5.74, 6) is -0.568. The number of allylic oxidation sites excluding steroid dienone is 3. The van der Waals surface area contributed by atoms with Gasteiger partial charge >= 0.3 is 5.97 Å². The number of esters is 1. The Bertz CT molecular complexity index is 1020. The number of ether oxygens (including phenoxy) is 1. The number of methoxy groups -OCH3 is 1. The van der Waals surface area contributed by atoms with E-state index in [2.05, 4.69) is 17.4 Å². The summed E-state index contributed by atoms with van der Waals surface area (Å²) in [6.07, 6.45) is 1.19. The van der Waals surface area contributed by atoms with Gasteiger partial charge < -0.3 is 10.1 Å². The second-order valence-electron chi connectivity index (χ2n) is 7.83. The van der Waals surface area contributed by atoms with Crippen molar-refractivity contribution in [1.29, 1.82) is 0 Å². The Balaban J connectivity index is 1.81. The van der Waals surface area contributed by atoms with Crippen LogP contribution in [0, 0.1) is 6.92 Å². The fourth-order valence-corrected chi connectivity index (χ4v) is 4.47. The minimum absolute atomic E-state index is 0.0899. The van der Waals surface area contributed by atoms with Crippen LogP contribution in [0.3, 0.4) is 0 Å². The number of dihydropyridines is 1. The molecule has 0 bridgehead atoms. The molecule has 1 N–H and O–H groups in total. The third-order valence-electron chi connectivity index (χ3n) is 5.91. The van der Waals surface area contributed by atoms with Crippen molar-refractivity contribution in [3.63, 3.8) is 0 Å². The summed E-state index contributed by atoms with van der Waals surface area (Å²) < 4.78 is 5.07. The van der Waals surface area contributed by atoms with Crippen LogP contribution in [0.5, 0.6) is 0 Å². The van der Waals surface area contributed by atoms with Crippen molar-refractivity contribution in [2.45, 2.75) is 38.5 Å². The van der Waals surface area contributed by atoms with Crippen LogP contribution in [-0.4, -0.2) is 18.9 Å². The highest BCUT2D eigenvalue weighted by molar-refractivity contribution is 6.04. The lowest BCUT2D eigenvalue weighted by molar-refractivity contribution is -0.136. The summed E-state index contributed by atoms with van der Waals surface area (Å²) in [7, 11) is 1.38. The van der Waals surface area contributed by atoms with Crippen LogP contribution in [0.2, 0.25) is 0 Å². The molecular formula is C25H25NO3. The number of hydrogen-bond acceptors (Lipinski definition) is 4. The van der Waals surface area contributed by atoms with Crippen LogP contribution in [0.25, 0.3) is 0 Å². The van der Waals surface area contributed by atoms with Crippen LogP contribution in [0.4, 0.5) is 0 Å². The molecule has 4 rings (SSSR count). The van der Waals surface area contributed by atoms with E-state index in [1.54, 1.807) is 0 Å². The van der Waals surface area contributed by atoms with E-state index in [0.717, 1.165) is 28.9 Å².